The van der Waals surface area contributed by atoms with E-state index < -0.39 is 0 Å². The molecule has 2 atom stereocenters. The fourth-order valence-electron chi connectivity index (χ4n) is 1.87. The van der Waals surface area contributed by atoms with Gasteiger partial charge in [0.25, 0.3) is 0 Å². The first-order valence-corrected chi connectivity index (χ1v) is 6.49. The molecule has 1 aliphatic rings. The van der Waals surface area contributed by atoms with Crippen molar-refractivity contribution in [2.75, 3.05) is 11.1 Å². The summed E-state index contributed by atoms with van der Waals surface area (Å²) in [5, 5.41) is 3.18. The molecule has 1 saturated heterocycles. The summed E-state index contributed by atoms with van der Waals surface area (Å²) in [5.74, 6) is 1.02. The van der Waals surface area contributed by atoms with E-state index in [2.05, 4.69) is 19.2 Å². The molecule has 2 unspecified atom stereocenters. The van der Waals surface area contributed by atoms with Gasteiger partial charge in [-0.05, 0) is 26.0 Å². The number of hydrogen-bond donors (Lipinski definition) is 1. The van der Waals surface area contributed by atoms with Crippen LogP contribution in [0.15, 0.2) is 30.3 Å². The highest BCUT2D eigenvalue weighted by atomic mass is 32.2. The van der Waals surface area contributed by atoms with Gasteiger partial charge in [0.05, 0.1) is 5.37 Å². The Morgan fingerprint density at radius 3 is 2.62 bits per heavy atom. The number of nitrogens with zero attached hydrogens (tertiary/aromatic N) is 1. The van der Waals surface area contributed by atoms with E-state index in [9.17, 15) is 4.79 Å². The van der Waals surface area contributed by atoms with Gasteiger partial charge in [0.2, 0.25) is 0 Å². The molecule has 86 valence electrons. The third-order valence-corrected chi connectivity index (χ3v) is 4.09. The zero-order valence-corrected chi connectivity index (χ0v) is 10.3. The summed E-state index contributed by atoms with van der Waals surface area (Å²) in [6, 6.07) is 9.88. The number of nitrogens with one attached hydrogen (secondary N) is 1. The van der Waals surface area contributed by atoms with E-state index in [4.69, 9.17) is 0 Å². The van der Waals surface area contributed by atoms with Gasteiger partial charge in [0.1, 0.15) is 0 Å². The van der Waals surface area contributed by atoms with Gasteiger partial charge in [-0.25, -0.2) is 4.79 Å². The van der Waals surface area contributed by atoms with Crippen molar-refractivity contribution in [2.45, 2.75) is 25.3 Å². The molecule has 3 nitrogen and oxygen atoms in total. The molecule has 4 heteroatoms. The SMILES string of the molecule is CC1CSC(C)N1C(=O)Nc1ccccc1. The smallest absolute Gasteiger partial charge is 0.309 e. The second-order valence-corrected chi connectivity index (χ2v) is 5.33. The van der Waals surface area contributed by atoms with Crippen molar-refractivity contribution in [2.24, 2.45) is 0 Å². The summed E-state index contributed by atoms with van der Waals surface area (Å²) in [6.45, 7) is 4.15. The molecule has 1 aromatic rings. The molecular formula is C12H16N2OS. The van der Waals surface area contributed by atoms with Crippen molar-refractivity contribution in [1.82, 2.24) is 4.90 Å². The lowest BCUT2D eigenvalue weighted by atomic mass is 10.3. The summed E-state index contributed by atoms with van der Waals surface area (Å²) in [5.41, 5.74) is 0.851. The lowest BCUT2D eigenvalue weighted by molar-refractivity contribution is 0.201. The minimum absolute atomic E-state index is 0.00352. The Morgan fingerprint density at radius 2 is 2.06 bits per heavy atom. The van der Waals surface area contributed by atoms with Crippen LogP contribution in [0.25, 0.3) is 0 Å². The number of anilines is 1. The van der Waals surface area contributed by atoms with Crippen LogP contribution in [0.3, 0.4) is 0 Å². The summed E-state index contributed by atoms with van der Waals surface area (Å²) in [6.07, 6.45) is 0. The van der Waals surface area contributed by atoms with Gasteiger partial charge in [-0.3, -0.25) is 0 Å². The van der Waals surface area contributed by atoms with E-state index in [1.54, 1.807) is 0 Å². The topological polar surface area (TPSA) is 32.3 Å². The Balaban J connectivity index is 2.03. The lowest BCUT2D eigenvalue weighted by Gasteiger charge is -2.25. The van der Waals surface area contributed by atoms with E-state index >= 15 is 0 Å². The van der Waals surface area contributed by atoms with Crippen LogP contribution in [0.2, 0.25) is 0 Å². The van der Waals surface area contributed by atoms with Crippen LogP contribution in [0.4, 0.5) is 10.5 Å². The molecule has 2 amide bonds. The first-order valence-electron chi connectivity index (χ1n) is 5.44. The van der Waals surface area contributed by atoms with Crippen LogP contribution in [0.5, 0.6) is 0 Å². The van der Waals surface area contributed by atoms with Gasteiger partial charge in [-0.1, -0.05) is 18.2 Å². The van der Waals surface area contributed by atoms with E-state index in [0.717, 1.165) is 11.4 Å². The zero-order chi connectivity index (χ0) is 11.5. The quantitative estimate of drug-likeness (QED) is 0.813. The summed E-state index contributed by atoms with van der Waals surface area (Å²) in [4.78, 5) is 13.9. The van der Waals surface area contributed by atoms with E-state index in [0.29, 0.717) is 6.04 Å². The molecule has 0 spiro atoms. The zero-order valence-electron chi connectivity index (χ0n) is 9.51. The molecule has 0 aromatic heterocycles. The van der Waals surface area contributed by atoms with Gasteiger partial charge in [-0.15, -0.1) is 11.8 Å². The number of rotatable bonds is 1. The normalized spacial score (nSPS) is 24.5. The number of amides is 2. The second kappa shape index (κ2) is 4.78. The minimum atomic E-state index is -0.00352. The fourth-order valence-corrected chi connectivity index (χ4v) is 3.05. The monoisotopic (exact) mass is 236 g/mol. The van der Waals surface area contributed by atoms with Gasteiger partial charge in [-0.2, -0.15) is 0 Å². The second-order valence-electron chi connectivity index (χ2n) is 3.99. The Kier molecular flexibility index (Phi) is 3.39. The maximum atomic E-state index is 12.0. The first-order chi connectivity index (χ1) is 7.68. The highest BCUT2D eigenvalue weighted by Gasteiger charge is 2.31. The number of hydrogen-bond acceptors (Lipinski definition) is 2. The molecule has 0 radical (unpaired) electrons. The van der Waals surface area contributed by atoms with Crippen LogP contribution < -0.4 is 5.32 Å². The van der Waals surface area contributed by atoms with E-state index in [-0.39, 0.29) is 11.4 Å². The van der Waals surface area contributed by atoms with Crippen LogP contribution in [-0.4, -0.2) is 28.1 Å². The molecule has 1 aromatic carbocycles. The maximum absolute atomic E-state index is 12.0. The molecule has 1 N–H and O–H groups in total. The molecule has 1 fully saturated rings. The number of benzene rings is 1. The van der Waals surface area contributed by atoms with Crippen LogP contribution in [0.1, 0.15) is 13.8 Å². The van der Waals surface area contributed by atoms with Crippen molar-refractivity contribution in [3.8, 4) is 0 Å². The maximum Gasteiger partial charge on any atom is 0.323 e. The Labute approximate surface area is 100 Å². The molecular weight excluding hydrogens is 220 g/mol. The molecule has 0 aliphatic carbocycles. The first kappa shape index (κ1) is 11.3. The van der Waals surface area contributed by atoms with Crippen LogP contribution >= 0.6 is 11.8 Å². The van der Waals surface area contributed by atoms with Crippen molar-refractivity contribution in [3.05, 3.63) is 30.3 Å². The number of carbonyl (C=O) groups is 1. The predicted molar refractivity (Wildman–Crippen MR) is 68.7 cm³/mol. The molecule has 16 heavy (non-hydrogen) atoms. The third-order valence-electron chi connectivity index (χ3n) is 2.70. The molecule has 1 aliphatic heterocycles. The number of thioether (sulfide) groups is 1. The van der Waals surface area contributed by atoms with E-state index in [1.165, 1.54) is 0 Å². The Hall–Kier alpha value is -1.16. The van der Waals surface area contributed by atoms with E-state index in [1.807, 2.05) is 47.0 Å². The third kappa shape index (κ3) is 2.32. The standard InChI is InChI=1S/C12H16N2OS/c1-9-8-16-10(2)14(9)12(15)13-11-6-4-3-5-7-11/h3-7,9-10H,8H2,1-2H3,(H,13,15). The van der Waals surface area contributed by atoms with Crippen molar-refractivity contribution >= 4 is 23.5 Å². The molecule has 0 saturated carbocycles. The minimum Gasteiger partial charge on any atom is -0.309 e. The van der Waals surface area contributed by atoms with Gasteiger partial charge < -0.3 is 10.2 Å². The number of carbonyl (C=O) groups excluding carboxylic acids is 1. The predicted octanol–water partition coefficient (Wildman–Crippen LogP) is 3.00. The average molecular weight is 236 g/mol. The highest BCUT2D eigenvalue weighted by Crippen LogP contribution is 2.28. The summed E-state index contributed by atoms with van der Waals surface area (Å²) >= 11 is 1.82. The average Bonchev–Trinajstić information content (AvgIpc) is 2.60. The number of para-hydroxylation sites is 1. The molecule has 0 bridgehead atoms. The Bertz CT molecular complexity index is 359. The summed E-state index contributed by atoms with van der Waals surface area (Å²) < 4.78 is 0. The lowest BCUT2D eigenvalue weighted by Crippen LogP contribution is -2.41. The number of urea groups is 1. The largest absolute Gasteiger partial charge is 0.323 e. The summed E-state index contributed by atoms with van der Waals surface area (Å²) in [7, 11) is 0. The molecule has 2 rings (SSSR count). The van der Waals surface area contributed by atoms with Gasteiger partial charge in [0.15, 0.2) is 0 Å². The van der Waals surface area contributed by atoms with Gasteiger partial charge in [0, 0.05) is 17.5 Å². The Morgan fingerprint density at radius 1 is 1.38 bits per heavy atom. The van der Waals surface area contributed by atoms with Crippen LogP contribution in [0, 0.1) is 0 Å². The molecule has 1 heterocycles. The van der Waals surface area contributed by atoms with Crippen molar-refractivity contribution in [3.63, 3.8) is 0 Å². The fraction of sp³-hybridized carbons (Fsp3) is 0.417. The van der Waals surface area contributed by atoms with Gasteiger partial charge >= 0.3 is 6.03 Å². The van der Waals surface area contributed by atoms with Crippen molar-refractivity contribution < 1.29 is 4.79 Å². The highest BCUT2D eigenvalue weighted by molar-refractivity contribution is 8.00. The van der Waals surface area contributed by atoms with Crippen molar-refractivity contribution in [1.29, 1.82) is 0 Å². The van der Waals surface area contributed by atoms with Crippen LogP contribution in [-0.2, 0) is 0 Å².